The van der Waals surface area contributed by atoms with Crippen molar-refractivity contribution in [3.8, 4) is 17.2 Å². The number of piperidine rings is 1. The number of ether oxygens (including phenoxy) is 2. The van der Waals surface area contributed by atoms with E-state index < -0.39 is 11.9 Å². The van der Waals surface area contributed by atoms with Gasteiger partial charge in [0.15, 0.2) is 17.2 Å². The Labute approximate surface area is 177 Å². The van der Waals surface area contributed by atoms with Gasteiger partial charge in [0.05, 0.1) is 19.9 Å². The van der Waals surface area contributed by atoms with Gasteiger partial charge in [0.1, 0.15) is 11.8 Å². The molecule has 2 aliphatic heterocycles. The molecule has 10 nitrogen and oxygen atoms in total. The molecule has 2 aromatic carbocycles. The third-order valence-corrected chi connectivity index (χ3v) is 5.28. The number of nitrogens with zero attached hydrogens (tertiary/aromatic N) is 3. The highest BCUT2D eigenvalue weighted by Crippen LogP contribution is 2.42. The fourth-order valence-corrected chi connectivity index (χ4v) is 3.75. The average Bonchev–Trinajstić information content (AvgIpc) is 3.09. The lowest BCUT2D eigenvalue weighted by molar-refractivity contribution is -0.136. The lowest BCUT2D eigenvalue weighted by Crippen LogP contribution is -2.52. The molecule has 1 saturated heterocycles. The summed E-state index contributed by atoms with van der Waals surface area (Å²) in [5.41, 5.74) is 1.81. The molecule has 0 bridgehead atoms. The van der Waals surface area contributed by atoms with Crippen LogP contribution < -0.4 is 14.8 Å². The van der Waals surface area contributed by atoms with Gasteiger partial charge in [0.25, 0.3) is 5.91 Å². The maximum absolute atomic E-state index is 12.9. The van der Waals surface area contributed by atoms with Crippen LogP contribution in [-0.2, 0) is 16.1 Å². The molecule has 10 heteroatoms. The van der Waals surface area contributed by atoms with Crippen molar-refractivity contribution in [3.05, 3.63) is 41.5 Å². The Morgan fingerprint density at radius 3 is 2.45 bits per heavy atom. The number of aromatic hydroxyl groups is 1. The molecule has 2 aliphatic rings. The number of methoxy groups -OCH3 is 2. The van der Waals surface area contributed by atoms with Crippen LogP contribution in [0.5, 0.6) is 17.2 Å². The number of phenolic OH excluding ortho intramolecular Hbond substituents is 1. The molecule has 0 saturated carbocycles. The molecule has 160 valence electrons. The Bertz CT molecular complexity index is 1090. The van der Waals surface area contributed by atoms with E-state index in [4.69, 9.17) is 9.47 Å². The normalized spacial score (nSPS) is 18.3. The first kappa shape index (κ1) is 20.3. The molecule has 0 aromatic heterocycles. The smallest absolute Gasteiger partial charge is 0.255 e. The molecular formula is C21H20N4O6. The van der Waals surface area contributed by atoms with Crippen molar-refractivity contribution in [1.82, 2.24) is 10.2 Å². The quantitative estimate of drug-likeness (QED) is 0.560. The van der Waals surface area contributed by atoms with Crippen LogP contribution >= 0.6 is 0 Å². The van der Waals surface area contributed by atoms with Crippen LogP contribution in [0.15, 0.2) is 40.6 Å². The molecule has 4 rings (SSSR count). The summed E-state index contributed by atoms with van der Waals surface area (Å²) in [6.07, 6.45) is 0.465. The zero-order valence-electron chi connectivity index (χ0n) is 16.9. The number of carbonyl (C=O) groups excluding carboxylic acids is 3. The van der Waals surface area contributed by atoms with E-state index in [1.807, 2.05) is 0 Å². The van der Waals surface area contributed by atoms with E-state index in [-0.39, 0.29) is 54.1 Å². The van der Waals surface area contributed by atoms with Gasteiger partial charge in [0, 0.05) is 36.2 Å². The summed E-state index contributed by atoms with van der Waals surface area (Å²) in [5, 5.41) is 20.6. The van der Waals surface area contributed by atoms with Crippen LogP contribution in [0.2, 0.25) is 0 Å². The summed E-state index contributed by atoms with van der Waals surface area (Å²) in [6.45, 7) is 0.180. The Kier molecular flexibility index (Phi) is 5.28. The molecule has 1 atom stereocenters. The van der Waals surface area contributed by atoms with Gasteiger partial charge in [-0.1, -0.05) is 6.07 Å². The maximum atomic E-state index is 12.9. The minimum absolute atomic E-state index is 0.0428. The van der Waals surface area contributed by atoms with Crippen molar-refractivity contribution in [2.75, 3.05) is 14.2 Å². The molecule has 2 heterocycles. The summed E-state index contributed by atoms with van der Waals surface area (Å²) >= 11 is 0. The standard InChI is InChI=1S/C21H20N4O6/c1-30-16-8-11(26)9-17(31-2)19(16)24-23-14-5-3-4-12-13(14)10-25(21(12)29)15-6-7-18(27)22-20(15)28/h3-5,8-9,15,26H,6-7,10H2,1-2H3,(H,22,27,28)/b24-23+. The van der Waals surface area contributed by atoms with Crippen LogP contribution in [0.25, 0.3) is 0 Å². The predicted molar refractivity (Wildman–Crippen MR) is 108 cm³/mol. The number of fused-ring (bicyclic) bond motifs is 1. The van der Waals surface area contributed by atoms with Gasteiger partial charge in [0.2, 0.25) is 11.8 Å². The van der Waals surface area contributed by atoms with Crippen molar-refractivity contribution in [1.29, 1.82) is 0 Å². The van der Waals surface area contributed by atoms with Crippen molar-refractivity contribution < 1.29 is 29.0 Å². The molecule has 0 spiro atoms. The number of amides is 3. The van der Waals surface area contributed by atoms with Gasteiger partial charge in [-0.15, -0.1) is 10.2 Å². The average molecular weight is 424 g/mol. The summed E-state index contributed by atoms with van der Waals surface area (Å²) in [7, 11) is 2.87. The SMILES string of the molecule is COc1cc(O)cc(OC)c1/N=N/c1cccc2c1CN(C1CCC(=O)NC1=O)C2=O. The Balaban J connectivity index is 1.66. The molecule has 0 aliphatic carbocycles. The number of nitrogens with one attached hydrogen (secondary N) is 1. The molecule has 3 amide bonds. The zero-order valence-corrected chi connectivity index (χ0v) is 16.9. The number of carbonyl (C=O) groups is 3. The van der Waals surface area contributed by atoms with E-state index in [0.29, 0.717) is 16.8 Å². The van der Waals surface area contributed by atoms with Gasteiger partial charge in [-0.25, -0.2) is 0 Å². The fraction of sp³-hybridized carbons (Fsp3) is 0.286. The monoisotopic (exact) mass is 424 g/mol. The Morgan fingerprint density at radius 1 is 1.10 bits per heavy atom. The third-order valence-electron chi connectivity index (χ3n) is 5.28. The number of phenols is 1. The Hall–Kier alpha value is -3.95. The maximum Gasteiger partial charge on any atom is 0.255 e. The van der Waals surface area contributed by atoms with Crippen LogP contribution in [0.3, 0.4) is 0 Å². The summed E-state index contributed by atoms with van der Waals surface area (Å²) < 4.78 is 10.5. The Morgan fingerprint density at radius 2 is 1.81 bits per heavy atom. The van der Waals surface area contributed by atoms with Gasteiger partial charge >= 0.3 is 0 Å². The third kappa shape index (κ3) is 3.67. The first-order valence-electron chi connectivity index (χ1n) is 9.56. The molecule has 1 unspecified atom stereocenters. The van der Waals surface area contributed by atoms with Gasteiger partial charge < -0.3 is 19.5 Å². The topological polar surface area (TPSA) is 130 Å². The highest BCUT2D eigenvalue weighted by molar-refractivity contribution is 6.06. The molecule has 2 aromatic rings. The van der Waals surface area contributed by atoms with Gasteiger partial charge in [-0.05, 0) is 18.6 Å². The van der Waals surface area contributed by atoms with E-state index >= 15 is 0 Å². The first-order valence-corrected chi connectivity index (χ1v) is 9.56. The number of benzene rings is 2. The van der Waals surface area contributed by atoms with E-state index in [2.05, 4.69) is 15.5 Å². The summed E-state index contributed by atoms with van der Waals surface area (Å²) in [4.78, 5) is 38.0. The van der Waals surface area contributed by atoms with Crippen molar-refractivity contribution in [2.45, 2.75) is 25.4 Å². The highest BCUT2D eigenvalue weighted by atomic mass is 16.5. The van der Waals surface area contributed by atoms with Crippen molar-refractivity contribution in [3.63, 3.8) is 0 Å². The molecule has 2 N–H and O–H groups in total. The highest BCUT2D eigenvalue weighted by Gasteiger charge is 2.39. The fourth-order valence-electron chi connectivity index (χ4n) is 3.75. The number of hydrogen-bond donors (Lipinski definition) is 2. The minimum atomic E-state index is -0.709. The van der Waals surface area contributed by atoms with Crippen LogP contribution in [0.4, 0.5) is 11.4 Å². The molecule has 0 radical (unpaired) electrons. The summed E-state index contributed by atoms with van der Waals surface area (Å²) in [6, 6.07) is 7.14. The van der Waals surface area contributed by atoms with Gasteiger partial charge in [-0.2, -0.15) is 0 Å². The second kappa shape index (κ2) is 8.05. The van der Waals surface area contributed by atoms with Crippen LogP contribution in [-0.4, -0.2) is 48.0 Å². The van der Waals surface area contributed by atoms with E-state index in [0.717, 1.165) is 0 Å². The predicted octanol–water partition coefficient (Wildman–Crippen LogP) is 2.59. The number of imide groups is 1. The number of azo groups is 1. The second-order valence-electron chi connectivity index (χ2n) is 7.10. The molecule has 1 fully saturated rings. The van der Waals surface area contributed by atoms with Crippen LogP contribution in [0, 0.1) is 0 Å². The molecular weight excluding hydrogens is 404 g/mol. The lowest BCUT2D eigenvalue weighted by Gasteiger charge is -2.29. The zero-order chi connectivity index (χ0) is 22.1. The largest absolute Gasteiger partial charge is 0.508 e. The van der Waals surface area contributed by atoms with Crippen molar-refractivity contribution in [2.24, 2.45) is 10.2 Å². The van der Waals surface area contributed by atoms with Crippen LogP contribution in [0.1, 0.15) is 28.8 Å². The van der Waals surface area contributed by atoms with Crippen molar-refractivity contribution >= 4 is 29.1 Å². The van der Waals surface area contributed by atoms with Gasteiger partial charge in [-0.3, -0.25) is 19.7 Å². The lowest BCUT2D eigenvalue weighted by atomic mass is 10.0. The minimum Gasteiger partial charge on any atom is -0.508 e. The van der Waals surface area contributed by atoms with E-state index in [1.54, 1.807) is 18.2 Å². The number of hydrogen-bond acceptors (Lipinski definition) is 8. The first-order chi connectivity index (χ1) is 14.9. The number of rotatable bonds is 5. The van der Waals surface area contributed by atoms with E-state index in [1.165, 1.54) is 31.3 Å². The van der Waals surface area contributed by atoms with E-state index in [9.17, 15) is 19.5 Å². The second-order valence-corrected chi connectivity index (χ2v) is 7.10. The summed E-state index contributed by atoms with van der Waals surface area (Å²) in [5.74, 6) is -0.597. The molecule has 31 heavy (non-hydrogen) atoms.